The van der Waals surface area contributed by atoms with Crippen molar-refractivity contribution >= 4 is 34.2 Å². The lowest BCUT2D eigenvalue weighted by Gasteiger charge is -2.35. The van der Waals surface area contributed by atoms with Crippen molar-refractivity contribution in [3.63, 3.8) is 0 Å². The van der Waals surface area contributed by atoms with Crippen LogP contribution >= 0.6 is 11.6 Å². The van der Waals surface area contributed by atoms with Crippen molar-refractivity contribution in [1.82, 2.24) is 14.9 Å². The third-order valence-corrected chi connectivity index (χ3v) is 5.31. The molecule has 28 heavy (non-hydrogen) atoms. The normalized spacial score (nSPS) is 15.2. The van der Waals surface area contributed by atoms with Crippen LogP contribution in [-0.4, -0.2) is 40.4 Å². The van der Waals surface area contributed by atoms with Crippen LogP contribution in [0.1, 0.15) is 28.4 Å². The van der Waals surface area contributed by atoms with Crippen LogP contribution < -0.4 is 11.1 Å². The monoisotopic (exact) mass is 399 g/mol. The number of carbonyl (C=O) groups excluding carboxylic acids is 1. The maximum atomic E-state index is 13.9. The van der Waals surface area contributed by atoms with Crippen molar-refractivity contribution in [2.75, 3.05) is 25.0 Å². The largest absolute Gasteiger partial charge is 0.366 e. The van der Waals surface area contributed by atoms with Crippen LogP contribution in [0.25, 0.3) is 10.9 Å². The standard InChI is InChI=1S/C20H19ClFN5O/c21-16-6-5-12(22)9-15(16)17(10-27-7-2-8-27)26-20-14-4-1-3-13(19(23)28)18(14)24-11-25-20/h1,3-6,9,11,17H,2,7-8,10H2,(H2,23,28)(H,24,25,26). The maximum Gasteiger partial charge on any atom is 0.250 e. The van der Waals surface area contributed by atoms with Crippen molar-refractivity contribution in [2.45, 2.75) is 12.5 Å². The topological polar surface area (TPSA) is 84.1 Å². The zero-order chi connectivity index (χ0) is 19.7. The van der Waals surface area contributed by atoms with Gasteiger partial charge in [0.05, 0.1) is 17.1 Å². The number of hydrogen-bond acceptors (Lipinski definition) is 5. The van der Waals surface area contributed by atoms with Crippen LogP contribution in [-0.2, 0) is 0 Å². The zero-order valence-corrected chi connectivity index (χ0v) is 15.8. The number of carbonyl (C=O) groups is 1. The summed E-state index contributed by atoms with van der Waals surface area (Å²) in [7, 11) is 0. The van der Waals surface area contributed by atoms with Gasteiger partial charge in [0.25, 0.3) is 5.91 Å². The molecule has 144 valence electrons. The van der Waals surface area contributed by atoms with Crippen LogP contribution in [0.15, 0.2) is 42.7 Å². The molecular formula is C20H19ClFN5O. The van der Waals surface area contributed by atoms with E-state index in [0.29, 0.717) is 39.4 Å². The summed E-state index contributed by atoms with van der Waals surface area (Å²) in [6.07, 6.45) is 2.52. The number of likely N-dealkylation sites (tertiary alicyclic amines) is 1. The number of anilines is 1. The van der Waals surface area contributed by atoms with E-state index in [0.717, 1.165) is 19.5 Å². The lowest BCUT2D eigenvalue weighted by Crippen LogP contribution is -2.41. The van der Waals surface area contributed by atoms with Crippen molar-refractivity contribution in [3.05, 3.63) is 64.7 Å². The molecule has 0 saturated carbocycles. The lowest BCUT2D eigenvalue weighted by molar-refractivity contribution is 0.100. The summed E-state index contributed by atoms with van der Waals surface area (Å²) in [5.41, 5.74) is 6.92. The fraction of sp³-hybridized carbons (Fsp3) is 0.250. The van der Waals surface area contributed by atoms with Crippen molar-refractivity contribution in [1.29, 1.82) is 0 Å². The summed E-state index contributed by atoms with van der Waals surface area (Å²) in [5, 5.41) is 4.52. The van der Waals surface area contributed by atoms with Gasteiger partial charge in [-0.05, 0) is 55.4 Å². The molecule has 1 amide bonds. The van der Waals surface area contributed by atoms with Gasteiger partial charge < -0.3 is 16.0 Å². The van der Waals surface area contributed by atoms with Gasteiger partial charge in [-0.15, -0.1) is 0 Å². The first kappa shape index (κ1) is 18.6. The second kappa shape index (κ2) is 7.69. The van der Waals surface area contributed by atoms with Gasteiger partial charge in [-0.1, -0.05) is 17.7 Å². The molecule has 0 spiro atoms. The minimum atomic E-state index is -0.555. The Hall–Kier alpha value is -2.77. The number of nitrogens with one attached hydrogen (secondary N) is 1. The van der Waals surface area contributed by atoms with E-state index < -0.39 is 5.91 Å². The number of halogens is 2. The quantitative estimate of drug-likeness (QED) is 0.663. The van der Waals surface area contributed by atoms with E-state index in [1.54, 1.807) is 18.2 Å². The van der Waals surface area contributed by atoms with Crippen molar-refractivity contribution < 1.29 is 9.18 Å². The van der Waals surface area contributed by atoms with E-state index in [1.165, 1.54) is 18.5 Å². The predicted octanol–water partition coefficient (Wildman–Crippen LogP) is 3.38. The average molecular weight is 400 g/mol. The highest BCUT2D eigenvalue weighted by molar-refractivity contribution is 6.31. The fourth-order valence-electron chi connectivity index (χ4n) is 3.39. The summed E-state index contributed by atoms with van der Waals surface area (Å²) in [6.45, 7) is 2.63. The first-order valence-electron chi connectivity index (χ1n) is 9.00. The van der Waals surface area contributed by atoms with Crippen LogP contribution in [0.3, 0.4) is 0 Å². The summed E-state index contributed by atoms with van der Waals surface area (Å²) >= 11 is 6.37. The smallest absolute Gasteiger partial charge is 0.250 e. The summed E-state index contributed by atoms with van der Waals surface area (Å²) in [6, 6.07) is 9.24. The summed E-state index contributed by atoms with van der Waals surface area (Å²) in [5.74, 6) is -0.363. The van der Waals surface area contributed by atoms with Gasteiger partial charge in [0.2, 0.25) is 0 Å². The van der Waals surface area contributed by atoms with E-state index in [1.807, 2.05) is 6.07 Å². The van der Waals surface area contributed by atoms with Gasteiger partial charge in [-0.2, -0.15) is 0 Å². The molecule has 2 heterocycles. The van der Waals surface area contributed by atoms with Gasteiger partial charge in [-0.25, -0.2) is 14.4 Å². The molecule has 1 saturated heterocycles. The average Bonchev–Trinajstić information content (AvgIpc) is 2.65. The molecule has 1 aliphatic heterocycles. The maximum absolute atomic E-state index is 13.9. The SMILES string of the molecule is NC(=O)c1cccc2c(NC(CN3CCC3)c3cc(F)ccc3Cl)ncnc12. The van der Waals surface area contributed by atoms with Gasteiger partial charge in [0, 0.05) is 17.0 Å². The number of benzene rings is 2. The number of nitrogens with two attached hydrogens (primary N) is 1. The molecule has 0 aliphatic carbocycles. The van der Waals surface area contributed by atoms with Gasteiger partial charge in [-0.3, -0.25) is 4.79 Å². The van der Waals surface area contributed by atoms with Gasteiger partial charge in [0.1, 0.15) is 18.0 Å². The lowest BCUT2D eigenvalue weighted by atomic mass is 10.0. The summed E-state index contributed by atoms with van der Waals surface area (Å²) < 4.78 is 13.9. The highest BCUT2D eigenvalue weighted by Crippen LogP contribution is 2.31. The number of hydrogen-bond donors (Lipinski definition) is 2. The Morgan fingerprint density at radius 2 is 2.11 bits per heavy atom. The first-order valence-corrected chi connectivity index (χ1v) is 9.38. The molecule has 4 rings (SSSR count). The molecule has 3 N–H and O–H groups in total. The van der Waals surface area contributed by atoms with Crippen molar-refractivity contribution in [2.24, 2.45) is 5.73 Å². The van der Waals surface area contributed by atoms with Crippen LogP contribution in [0.4, 0.5) is 10.2 Å². The molecule has 1 aromatic heterocycles. The van der Waals surface area contributed by atoms with Crippen LogP contribution in [0.2, 0.25) is 5.02 Å². The van der Waals surface area contributed by atoms with Crippen molar-refractivity contribution in [3.8, 4) is 0 Å². The number of para-hydroxylation sites is 1. The molecule has 2 aromatic carbocycles. The highest BCUT2D eigenvalue weighted by atomic mass is 35.5. The number of primary amides is 1. The Morgan fingerprint density at radius 1 is 1.29 bits per heavy atom. The fourth-order valence-corrected chi connectivity index (χ4v) is 3.64. The number of nitrogens with zero attached hydrogens (tertiary/aromatic N) is 3. The van der Waals surface area contributed by atoms with E-state index in [9.17, 15) is 9.18 Å². The molecule has 3 aromatic rings. The third kappa shape index (κ3) is 3.63. The van der Waals surface area contributed by atoms with Gasteiger partial charge in [0.15, 0.2) is 0 Å². The van der Waals surface area contributed by atoms with E-state index >= 15 is 0 Å². The number of aromatic nitrogens is 2. The molecule has 0 radical (unpaired) electrons. The summed E-state index contributed by atoms with van der Waals surface area (Å²) in [4.78, 5) is 22.5. The van der Waals surface area contributed by atoms with E-state index in [2.05, 4.69) is 20.2 Å². The molecule has 6 nitrogen and oxygen atoms in total. The third-order valence-electron chi connectivity index (χ3n) is 4.96. The molecule has 1 unspecified atom stereocenters. The number of amides is 1. The van der Waals surface area contributed by atoms with Gasteiger partial charge >= 0.3 is 0 Å². The predicted molar refractivity (Wildman–Crippen MR) is 107 cm³/mol. The molecular weight excluding hydrogens is 381 g/mol. The Labute approximate surface area is 166 Å². The number of fused-ring (bicyclic) bond motifs is 1. The zero-order valence-electron chi connectivity index (χ0n) is 15.0. The second-order valence-electron chi connectivity index (χ2n) is 6.81. The Bertz CT molecular complexity index is 1040. The molecule has 1 aliphatic rings. The highest BCUT2D eigenvalue weighted by Gasteiger charge is 2.24. The van der Waals surface area contributed by atoms with Crippen LogP contribution in [0.5, 0.6) is 0 Å². The molecule has 1 atom stereocenters. The molecule has 8 heteroatoms. The van der Waals surface area contributed by atoms with E-state index in [4.69, 9.17) is 17.3 Å². The van der Waals surface area contributed by atoms with E-state index in [-0.39, 0.29) is 11.9 Å². The Morgan fingerprint density at radius 3 is 2.82 bits per heavy atom. The molecule has 0 bridgehead atoms. The second-order valence-corrected chi connectivity index (χ2v) is 7.21. The first-order chi connectivity index (χ1) is 13.5. The van der Waals surface area contributed by atoms with Crippen LogP contribution in [0, 0.1) is 5.82 Å². The molecule has 1 fully saturated rings. The Balaban J connectivity index is 1.75. The minimum Gasteiger partial charge on any atom is -0.366 e. The minimum absolute atomic E-state index is 0.279. The Kier molecular flexibility index (Phi) is 5.11. The number of rotatable bonds is 6.